The van der Waals surface area contributed by atoms with Gasteiger partial charge in [0.05, 0.1) is 7.11 Å². The fourth-order valence-corrected chi connectivity index (χ4v) is 0.635. The van der Waals surface area contributed by atoms with E-state index in [1.165, 1.54) is 19.5 Å². The van der Waals surface area contributed by atoms with Crippen LogP contribution in [-0.4, -0.2) is 24.4 Å². The highest BCUT2D eigenvalue weighted by Gasteiger charge is 2.18. The number of rotatable bonds is 4. The zero-order chi connectivity index (χ0) is 8.81. The first kappa shape index (κ1) is 8.99. The summed E-state index contributed by atoms with van der Waals surface area (Å²) in [6.07, 6.45) is 3.07. The highest BCUT2D eigenvalue weighted by molar-refractivity contribution is 6.35. The maximum atomic E-state index is 8.91. The van der Waals surface area contributed by atoms with Gasteiger partial charge in [-0.3, -0.25) is 4.98 Å². The van der Waals surface area contributed by atoms with E-state index in [2.05, 4.69) is 14.7 Å². The third-order valence-electron chi connectivity index (χ3n) is 1.07. The van der Waals surface area contributed by atoms with Gasteiger partial charge < -0.3 is 9.68 Å². The van der Waals surface area contributed by atoms with Crippen molar-refractivity contribution in [2.45, 2.75) is 0 Å². The molecule has 0 amide bonds. The average molecular weight is 169 g/mol. The predicted octanol–water partition coefficient (Wildman–Crippen LogP) is 0.0156. The lowest BCUT2D eigenvalue weighted by molar-refractivity contribution is -0.207. The van der Waals surface area contributed by atoms with E-state index >= 15 is 0 Å². The molecular formula is C6H8BNO4. The van der Waals surface area contributed by atoms with Crippen molar-refractivity contribution in [1.29, 1.82) is 0 Å². The van der Waals surface area contributed by atoms with Gasteiger partial charge in [0.2, 0.25) is 0 Å². The second-order valence-electron chi connectivity index (χ2n) is 1.87. The van der Waals surface area contributed by atoms with Crippen molar-refractivity contribution in [1.82, 2.24) is 4.98 Å². The summed E-state index contributed by atoms with van der Waals surface area (Å²) >= 11 is 0. The number of hydrogen-bond acceptors (Lipinski definition) is 5. The molecule has 0 spiro atoms. The topological polar surface area (TPSA) is 60.8 Å². The molecule has 0 aromatic carbocycles. The number of hydrogen-bond donors (Lipinski definition) is 1. The van der Waals surface area contributed by atoms with Gasteiger partial charge >= 0.3 is 7.32 Å². The van der Waals surface area contributed by atoms with E-state index in [4.69, 9.17) is 9.68 Å². The van der Waals surface area contributed by atoms with E-state index in [1.807, 2.05) is 0 Å². The van der Waals surface area contributed by atoms with E-state index in [0.717, 1.165) is 0 Å². The molecule has 0 aliphatic carbocycles. The molecule has 1 N–H and O–H groups in total. The molecule has 64 valence electrons. The molecule has 0 atom stereocenters. The van der Waals surface area contributed by atoms with Crippen molar-refractivity contribution in [3.63, 3.8) is 0 Å². The normalized spacial score (nSPS) is 9.50. The number of nitrogens with zero attached hydrogens (tertiary/aromatic N) is 1. The van der Waals surface area contributed by atoms with Gasteiger partial charge in [-0.1, -0.05) is 0 Å². The van der Waals surface area contributed by atoms with Crippen molar-refractivity contribution in [3.05, 3.63) is 24.5 Å². The third-order valence-corrected chi connectivity index (χ3v) is 1.07. The average Bonchev–Trinajstić information content (AvgIpc) is 2.06. The Labute approximate surface area is 70.0 Å². The van der Waals surface area contributed by atoms with Gasteiger partial charge in [0.1, 0.15) is 5.75 Å². The largest absolute Gasteiger partial charge is 0.739 e. The molecule has 1 heterocycles. The van der Waals surface area contributed by atoms with Crippen LogP contribution >= 0.6 is 0 Å². The molecule has 0 saturated carbocycles. The van der Waals surface area contributed by atoms with Crippen molar-refractivity contribution < 1.29 is 19.4 Å². The van der Waals surface area contributed by atoms with E-state index in [0.29, 0.717) is 5.75 Å². The second-order valence-corrected chi connectivity index (χ2v) is 1.87. The van der Waals surface area contributed by atoms with Crippen molar-refractivity contribution >= 4 is 7.32 Å². The van der Waals surface area contributed by atoms with Crippen LogP contribution in [0.15, 0.2) is 24.5 Å². The van der Waals surface area contributed by atoms with Crippen LogP contribution < -0.4 is 4.65 Å². The number of aromatic nitrogens is 1. The van der Waals surface area contributed by atoms with Crippen molar-refractivity contribution in [3.8, 4) is 5.75 Å². The summed E-state index contributed by atoms with van der Waals surface area (Å²) < 4.78 is 4.82. The highest BCUT2D eigenvalue weighted by Crippen LogP contribution is 2.07. The van der Waals surface area contributed by atoms with E-state index in [-0.39, 0.29) is 0 Å². The SMILES string of the molecule is COOB(O)Oc1ccncc1. The Morgan fingerprint density at radius 1 is 1.42 bits per heavy atom. The predicted molar refractivity (Wildman–Crippen MR) is 40.9 cm³/mol. The van der Waals surface area contributed by atoms with Crippen molar-refractivity contribution in [2.24, 2.45) is 0 Å². The molecule has 1 aromatic rings. The molecule has 0 fully saturated rings. The fraction of sp³-hybridized carbons (Fsp3) is 0.167. The number of pyridine rings is 1. The van der Waals surface area contributed by atoms with Gasteiger partial charge in [0, 0.05) is 12.4 Å². The Kier molecular flexibility index (Phi) is 3.53. The molecule has 0 aliphatic heterocycles. The lowest BCUT2D eigenvalue weighted by Crippen LogP contribution is -2.25. The lowest BCUT2D eigenvalue weighted by Gasteiger charge is -2.06. The molecule has 12 heavy (non-hydrogen) atoms. The smallest absolute Gasteiger partial charge is 0.510 e. The first-order chi connectivity index (χ1) is 5.83. The Morgan fingerprint density at radius 3 is 2.67 bits per heavy atom. The van der Waals surface area contributed by atoms with Gasteiger partial charge in [-0.15, -0.1) is 0 Å². The molecule has 0 saturated heterocycles. The standard InChI is InChI=1S/C6H8BNO4/c1-10-12-7(9)11-6-2-4-8-5-3-6/h2-5,9H,1H3. The molecular weight excluding hydrogens is 161 g/mol. The third kappa shape index (κ3) is 2.87. The van der Waals surface area contributed by atoms with Gasteiger partial charge in [0.15, 0.2) is 0 Å². The van der Waals surface area contributed by atoms with Crippen LogP contribution in [0.1, 0.15) is 0 Å². The van der Waals surface area contributed by atoms with Crippen LogP contribution in [0.25, 0.3) is 0 Å². The quantitative estimate of drug-likeness (QED) is 0.391. The van der Waals surface area contributed by atoms with E-state index in [9.17, 15) is 0 Å². The molecule has 0 unspecified atom stereocenters. The first-order valence-electron chi connectivity index (χ1n) is 3.27. The Hall–Kier alpha value is -1.11. The molecule has 0 bridgehead atoms. The molecule has 0 aliphatic rings. The van der Waals surface area contributed by atoms with E-state index < -0.39 is 7.32 Å². The minimum absolute atomic E-state index is 0.453. The van der Waals surface area contributed by atoms with Crippen LogP contribution in [-0.2, 0) is 9.69 Å². The molecule has 5 nitrogen and oxygen atoms in total. The monoisotopic (exact) mass is 169 g/mol. The zero-order valence-electron chi connectivity index (χ0n) is 6.51. The maximum absolute atomic E-state index is 8.91. The van der Waals surface area contributed by atoms with Gasteiger partial charge in [-0.25, -0.2) is 9.69 Å². The summed E-state index contributed by atoms with van der Waals surface area (Å²) in [6, 6.07) is 3.17. The van der Waals surface area contributed by atoms with Gasteiger partial charge in [-0.05, 0) is 12.1 Å². The minimum Gasteiger partial charge on any atom is -0.510 e. The molecule has 6 heteroatoms. The maximum Gasteiger partial charge on any atom is 0.739 e. The molecule has 1 rings (SSSR count). The van der Waals surface area contributed by atoms with Gasteiger partial charge in [0.25, 0.3) is 0 Å². The van der Waals surface area contributed by atoms with Crippen LogP contribution in [0.3, 0.4) is 0 Å². The highest BCUT2D eigenvalue weighted by atomic mass is 17.2. The first-order valence-corrected chi connectivity index (χ1v) is 3.27. The minimum atomic E-state index is -1.42. The molecule has 0 radical (unpaired) electrons. The lowest BCUT2D eigenvalue weighted by atomic mass is 10.2. The summed E-state index contributed by atoms with van der Waals surface area (Å²) in [5.41, 5.74) is 0. The summed E-state index contributed by atoms with van der Waals surface area (Å²) in [5, 5.41) is 8.91. The van der Waals surface area contributed by atoms with Crippen LogP contribution in [0, 0.1) is 0 Å². The zero-order valence-corrected chi connectivity index (χ0v) is 6.51. The summed E-state index contributed by atoms with van der Waals surface area (Å²) in [6.45, 7) is 0. The van der Waals surface area contributed by atoms with Crippen molar-refractivity contribution in [2.75, 3.05) is 7.11 Å². The summed E-state index contributed by atoms with van der Waals surface area (Å²) in [7, 11) is -0.142. The van der Waals surface area contributed by atoms with Gasteiger partial charge in [-0.2, -0.15) is 0 Å². The summed E-state index contributed by atoms with van der Waals surface area (Å²) in [5.74, 6) is 0.453. The Balaban J connectivity index is 2.41. The Morgan fingerprint density at radius 2 is 2.08 bits per heavy atom. The van der Waals surface area contributed by atoms with Crippen LogP contribution in [0.2, 0.25) is 0 Å². The summed E-state index contributed by atoms with van der Waals surface area (Å²) in [4.78, 5) is 12.2. The molecule has 1 aromatic heterocycles. The Bertz CT molecular complexity index is 220. The fourth-order valence-electron chi connectivity index (χ4n) is 0.635. The van der Waals surface area contributed by atoms with E-state index in [1.54, 1.807) is 12.1 Å². The second kappa shape index (κ2) is 4.71. The van der Waals surface area contributed by atoms with Crippen LogP contribution in [0.4, 0.5) is 0 Å². The van der Waals surface area contributed by atoms with Crippen LogP contribution in [0.5, 0.6) is 5.75 Å².